The molecule has 0 saturated carbocycles. The zero-order valence-electron chi connectivity index (χ0n) is 15.5. The maximum Gasteiger partial charge on any atom is 0.265 e. The number of benzene rings is 2. The number of hydrogen-bond donors (Lipinski definition) is 3. The number of fused-ring (bicyclic) bond motifs is 2. The highest BCUT2D eigenvalue weighted by molar-refractivity contribution is 8.00. The van der Waals surface area contributed by atoms with Gasteiger partial charge in [0.15, 0.2) is 6.10 Å². The average Bonchev–Trinajstić information content (AvgIpc) is 3.11. The molecule has 144 valence electrons. The number of carbonyl (C=O) groups excluding carboxylic acids is 2. The van der Waals surface area contributed by atoms with Crippen LogP contribution in [0.2, 0.25) is 0 Å². The smallest absolute Gasteiger partial charge is 0.265 e. The van der Waals surface area contributed by atoms with Crippen LogP contribution in [0.15, 0.2) is 42.5 Å². The first kappa shape index (κ1) is 18.4. The molecule has 2 amide bonds. The zero-order valence-corrected chi connectivity index (χ0v) is 16.3. The fraction of sp³-hybridized carbons (Fsp3) is 0.250. The number of rotatable bonds is 5. The summed E-state index contributed by atoms with van der Waals surface area (Å²) in [4.78, 5) is 31.9. The van der Waals surface area contributed by atoms with Crippen LogP contribution >= 0.6 is 11.8 Å². The van der Waals surface area contributed by atoms with Crippen molar-refractivity contribution in [1.82, 2.24) is 9.97 Å². The second-order valence-electron chi connectivity index (χ2n) is 6.60. The quantitative estimate of drug-likeness (QED) is 0.611. The van der Waals surface area contributed by atoms with Gasteiger partial charge in [0.05, 0.1) is 27.7 Å². The molecule has 3 aromatic rings. The Labute approximate surface area is 166 Å². The van der Waals surface area contributed by atoms with Gasteiger partial charge in [0.2, 0.25) is 5.91 Å². The van der Waals surface area contributed by atoms with E-state index in [2.05, 4.69) is 20.6 Å². The lowest BCUT2D eigenvalue weighted by atomic mass is 10.2. The average molecular weight is 396 g/mol. The number of H-pyrrole nitrogens is 1. The van der Waals surface area contributed by atoms with Crippen LogP contribution < -0.4 is 15.4 Å². The number of anilines is 2. The van der Waals surface area contributed by atoms with Gasteiger partial charge in [0, 0.05) is 5.69 Å². The second kappa shape index (κ2) is 7.55. The third kappa shape index (κ3) is 3.82. The summed E-state index contributed by atoms with van der Waals surface area (Å²) < 4.78 is 5.52. The number of ether oxygens (including phenoxy) is 1. The number of carbonyl (C=O) groups is 2. The van der Waals surface area contributed by atoms with Crippen LogP contribution in [0, 0.1) is 0 Å². The number of nitrogens with zero attached hydrogens (tertiary/aromatic N) is 1. The van der Waals surface area contributed by atoms with Crippen molar-refractivity contribution in [2.75, 3.05) is 16.4 Å². The van der Waals surface area contributed by atoms with Crippen molar-refractivity contribution in [1.29, 1.82) is 0 Å². The Morgan fingerprint density at radius 2 is 2.14 bits per heavy atom. The van der Waals surface area contributed by atoms with Gasteiger partial charge in [-0.25, -0.2) is 4.98 Å². The van der Waals surface area contributed by atoms with E-state index in [4.69, 9.17) is 4.74 Å². The summed E-state index contributed by atoms with van der Waals surface area (Å²) in [6.45, 7) is 3.71. The van der Waals surface area contributed by atoms with Crippen molar-refractivity contribution < 1.29 is 14.3 Å². The van der Waals surface area contributed by atoms with Gasteiger partial charge in [0.1, 0.15) is 11.6 Å². The fourth-order valence-electron chi connectivity index (χ4n) is 2.93. The molecule has 0 radical (unpaired) electrons. The molecule has 2 atom stereocenters. The fourth-order valence-corrected chi connectivity index (χ4v) is 3.67. The molecule has 0 aliphatic carbocycles. The summed E-state index contributed by atoms with van der Waals surface area (Å²) in [5.74, 6) is 1.41. The lowest BCUT2D eigenvalue weighted by Gasteiger charge is -2.23. The molecule has 0 unspecified atom stereocenters. The van der Waals surface area contributed by atoms with Crippen LogP contribution in [0.3, 0.4) is 0 Å². The summed E-state index contributed by atoms with van der Waals surface area (Å²) in [5, 5.41) is 5.68. The molecule has 3 N–H and O–H groups in total. The van der Waals surface area contributed by atoms with Crippen molar-refractivity contribution in [2.45, 2.75) is 25.2 Å². The number of imidazole rings is 1. The van der Waals surface area contributed by atoms with E-state index in [1.807, 2.05) is 31.2 Å². The Morgan fingerprint density at radius 3 is 2.96 bits per heavy atom. The monoisotopic (exact) mass is 396 g/mol. The highest BCUT2D eigenvalue weighted by atomic mass is 32.2. The van der Waals surface area contributed by atoms with Gasteiger partial charge in [-0.1, -0.05) is 12.1 Å². The zero-order chi connectivity index (χ0) is 19.7. The van der Waals surface area contributed by atoms with E-state index in [9.17, 15) is 9.59 Å². The van der Waals surface area contributed by atoms with E-state index < -0.39 is 6.10 Å². The molecule has 0 saturated heterocycles. The van der Waals surface area contributed by atoms with Crippen molar-refractivity contribution in [2.24, 2.45) is 0 Å². The van der Waals surface area contributed by atoms with Crippen LogP contribution in [-0.4, -0.2) is 33.6 Å². The van der Waals surface area contributed by atoms with Gasteiger partial charge in [0.25, 0.3) is 5.91 Å². The predicted octanol–water partition coefficient (Wildman–Crippen LogP) is 3.72. The SMILES string of the molecule is C[C@@H]1Oc2ccc(NC(=O)CS[C@H](C)c3nc4ccccc4[nH]3)cc2NC1=O. The molecule has 1 aromatic heterocycles. The Morgan fingerprint density at radius 1 is 1.32 bits per heavy atom. The van der Waals surface area contributed by atoms with Crippen molar-refractivity contribution in [3.05, 3.63) is 48.3 Å². The lowest BCUT2D eigenvalue weighted by Crippen LogP contribution is -2.34. The van der Waals surface area contributed by atoms with Gasteiger partial charge in [-0.3, -0.25) is 9.59 Å². The van der Waals surface area contributed by atoms with Crippen molar-refractivity contribution in [3.63, 3.8) is 0 Å². The van der Waals surface area contributed by atoms with E-state index in [1.165, 1.54) is 11.8 Å². The summed E-state index contributed by atoms with van der Waals surface area (Å²) >= 11 is 1.50. The Hall–Kier alpha value is -3.00. The number of aromatic nitrogens is 2. The number of para-hydroxylation sites is 2. The molecule has 0 bridgehead atoms. The number of thioether (sulfide) groups is 1. The molecule has 0 spiro atoms. The molecule has 2 aromatic carbocycles. The highest BCUT2D eigenvalue weighted by Crippen LogP contribution is 2.32. The Balaban J connectivity index is 1.35. The summed E-state index contributed by atoms with van der Waals surface area (Å²) in [6.07, 6.45) is -0.524. The molecule has 0 fully saturated rings. The minimum Gasteiger partial charge on any atom is -0.479 e. The molecule has 8 heteroatoms. The van der Waals surface area contributed by atoms with Gasteiger partial charge in [-0.05, 0) is 44.2 Å². The molecule has 1 aliphatic heterocycles. The summed E-state index contributed by atoms with van der Waals surface area (Å²) in [6, 6.07) is 13.0. The van der Waals surface area contributed by atoms with Crippen LogP contribution in [-0.2, 0) is 9.59 Å². The first-order chi connectivity index (χ1) is 13.5. The molecular weight excluding hydrogens is 376 g/mol. The molecule has 4 rings (SSSR count). The highest BCUT2D eigenvalue weighted by Gasteiger charge is 2.23. The standard InChI is InChI=1S/C20H20N4O3S/c1-11-20(26)24-16-9-13(7-8-17(16)27-11)21-18(25)10-28-12(2)19-22-14-5-3-4-6-15(14)23-19/h3-9,11-12H,10H2,1-2H3,(H,21,25)(H,22,23)(H,24,26)/t11-,12+/m0/s1. The largest absolute Gasteiger partial charge is 0.479 e. The minimum absolute atomic E-state index is 0.0517. The van der Waals surface area contributed by atoms with Gasteiger partial charge in [-0.15, -0.1) is 11.8 Å². The normalized spacial score (nSPS) is 16.8. The predicted molar refractivity (Wildman–Crippen MR) is 111 cm³/mol. The minimum atomic E-state index is -0.524. The lowest BCUT2D eigenvalue weighted by molar-refractivity contribution is -0.122. The van der Waals surface area contributed by atoms with E-state index in [0.29, 0.717) is 17.1 Å². The van der Waals surface area contributed by atoms with E-state index >= 15 is 0 Å². The molecule has 28 heavy (non-hydrogen) atoms. The summed E-state index contributed by atoms with van der Waals surface area (Å²) in [7, 11) is 0. The molecule has 1 aliphatic rings. The van der Waals surface area contributed by atoms with Crippen molar-refractivity contribution in [3.8, 4) is 5.75 Å². The topological polar surface area (TPSA) is 96.1 Å². The van der Waals surface area contributed by atoms with Crippen LogP contribution in [0.1, 0.15) is 24.9 Å². The molecular formula is C20H20N4O3S. The van der Waals surface area contributed by atoms with Gasteiger partial charge >= 0.3 is 0 Å². The number of nitrogens with one attached hydrogen (secondary N) is 3. The summed E-state index contributed by atoms with van der Waals surface area (Å²) in [5.41, 5.74) is 3.08. The van der Waals surface area contributed by atoms with Crippen LogP contribution in [0.25, 0.3) is 11.0 Å². The Kier molecular flexibility index (Phi) is 4.95. The molecule has 7 nitrogen and oxygen atoms in total. The van der Waals surface area contributed by atoms with E-state index in [1.54, 1.807) is 25.1 Å². The third-order valence-corrected chi connectivity index (χ3v) is 5.60. The molecule has 2 heterocycles. The third-order valence-electron chi connectivity index (χ3n) is 4.45. The maximum absolute atomic E-state index is 12.3. The number of hydrogen-bond acceptors (Lipinski definition) is 5. The number of amides is 2. The van der Waals surface area contributed by atoms with Gasteiger partial charge < -0.3 is 20.4 Å². The maximum atomic E-state index is 12.3. The first-order valence-corrected chi connectivity index (χ1v) is 10.0. The first-order valence-electron chi connectivity index (χ1n) is 8.97. The van der Waals surface area contributed by atoms with Crippen LogP contribution in [0.5, 0.6) is 5.75 Å². The number of aromatic amines is 1. The Bertz CT molecular complexity index is 1020. The van der Waals surface area contributed by atoms with Crippen LogP contribution in [0.4, 0.5) is 11.4 Å². The van der Waals surface area contributed by atoms with Crippen molar-refractivity contribution >= 4 is 46.0 Å². The van der Waals surface area contributed by atoms with E-state index in [-0.39, 0.29) is 22.8 Å². The second-order valence-corrected chi connectivity index (χ2v) is 7.93. The van der Waals surface area contributed by atoms with E-state index in [0.717, 1.165) is 16.9 Å². The van der Waals surface area contributed by atoms with Gasteiger partial charge in [-0.2, -0.15) is 0 Å².